The average Bonchev–Trinajstić information content (AvgIpc) is 3.34. The predicted molar refractivity (Wildman–Crippen MR) is 171 cm³/mol. The number of aryl methyl sites for hydroxylation is 1. The van der Waals surface area contributed by atoms with Crippen LogP contribution in [0.15, 0.2) is 36.0 Å². The number of methoxy groups -OCH3 is 2. The van der Waals surface area contributed by atoms with Crippen molar-refractivity contribution in [3.05, 3.63) is 36.0 Å². The van der Waals surface area contributed by atoms with Crippen molar-refractivity contribution in [2.24, 2.45) is 5.92 Å². The van der Waals surface area contributed by atoms with Crippen molar-refractivity contribution in [1.29, 1.82) is 0 Å². The second kappa shape index (κ2) is 20.0. The molecule has 0 atom stereocenters. The third kappa shape index (κ3) is 11.8. The number of allylic oxidation sites excluding steroid dienone is 1. The molecule has 1 aliphatic heterocycles. The number of hydrogen-bond donors (Lipinski definition) is 1. The van der Waals surface area contributed by atoms with Gasteiger partial charge in [-0.3, -0.25) is 9.47 Å². The Morgan fingerprint density at radius 2 is 1.73 bits per heavy atom. The number of likely N-dealkylation sites (tertiary alicyclic amines) is 1. The van der Waals surface area contributed by atoms with Crippen LogP contribution in [0.1, 0.15) is 53.9 Å². The third-order valence-electron chi connectivity index (χ3n) is 6.56. The van der Waals surface area contributed by atoms with Gasteiger partial charge >= 0.3 is 6.01 Å². The van der Waals surface area contributed by atoms with E-state index >= 15 is 0 Å². The van der Waals surface area contributed by atoms with Gasteiger partial charge in [0.1, 0.15) is 6.61 Å². The topological polar surface area (TPSA) is 104 Å². The van der Waals surface area contributed by atoms with Crippen LogP contribution in [-0.4, -0.2) is 97.0 Å². The number of nitrogens with two attached hydrogens (primary N) is 1. The second-order valence-electron chi connectivity index (χ2n) is 9.76. The van der Waals surface area contributed by atoms with Gasteiger partial charge in [-0.25, -0.2) is 0 Å². The predicted octanol–water partition coefficient (Wildman–Crippen LogP) is 5.22. The van der Waals surface area contributed by atoms with Crippen molar-refractivity contribution in [1.82, 2.24) is 29.3 Å². The first-order valence-corrected chi connectivity index (χ1v) is 14.9. The number of rotatable bonds is 14. The summed E-state index contributed by atoms with van der Waals surface area (Å²) >= 11 is 0. The fourth-order valence-corrected chi connectivity index (χ4v) is 4.55. The Bertz CT molecular complexity index is 1090. The zero-order valence-corrected chi connectivity index (χ0v) is 27.1. The molecule has 2 aromatic rings. The summed E-state index contributed by atoms with van der Waals surface area (Å²) < 4.78 is 18.1. The van der Waals surface area contributed by atoms with Crippen molar-refractivity contribution in [2.45, 2.75) is 60.4 Å². The normalized spacial score (nSPS) is 14.5. The van der Waals surface area contributed by atoms with Crippen LogP contribution in [-0.2, 0) is 11.3 Å². The van der Waals surface area contributed by atoms with Crippen molar-refractivity contribution >= 4 is 17.0 Å². The lowest BCUT2D eigenvalue weighted by Crippen LogP contribution is -2.35. The van der Waals surface area contributed by atoms with E-state index in [1.165, 1.54) is 5.57 Å². The van der Waals surface area contributed by atoms with Gasteiger partial charge in [0.15, 0.2) is 17.0 Å². The maximum absolute atomic E-state index is 6.15. The molecule has 10 nitrogen and oxygen atoms in total. The number of nitrogen functional groups attached to an aromatic ring is 1. The van der Waals surface area contributed by atoms with Gasteiger partial charge < -0.3 is 24.8 Å². The summed E-state index contributed by atoms with van der Waals surface area (Å²) in [7, 11) is 7.35. The number of likely N-dealkylation sites (N-methyl/N-ethyl adjacent to an activating group) is 1. The summed E-state index contributed by atoms with van der Waals surface area (Å²) in [5.41, 5.74) is 9.76. The Morgan fingerprint density at radius 3 is 2.32 bits per heavy atom. The van der Waals surface area contributed by atoms with Gasteiger partial charge in [0.25, 0.3) is 6.01 Å². The summed E-state index contributed by atoms with van der Waals surface area (Å²) in [5, 5.41) is 0. The standard InChI is InChI=1S/C27H43N7O3.2C2H6/c1-7-21(9-8-20(2)18-32(3)4)19-33-13-10-22(11-14-33)12-15-34-25-23(29-27(34)36-6)24(28)30-26(31-25)37-17-16-35-5;2*1-2/h7-9,22H,2,10-19H2,1,3-6H3,(H2,28,30,31);2*1-2H3/b9-8-,21-7+;;. The fourth-order valence-electron chi connectivity index (χ4n) is 4.55. The first-order valence-electron chi connectivity index (χ1n) is 14.9. The van der Waals surface area contributed by atoms with E-state index in [1.807, 2.05) is 32.3 Å². The lowest BCUT2D eigenvalue weighted by atomic mass is 9.93. The van der Waals surface area contributed by atoms with Gasteiger partial charge in [0.05, 0.1) is 13.7 Å². The highest BCUT2D eigenvalue weighted by Crippen LogP contribution is 2.28. The summed E-state index contributed by atoms with van der Waals surface area (Å²) in [4.78, 5) is 18.0. The molecule has 41 heavy (non-hydrogen) atoms. The molecule has 0 amide bonds. The van der Waals surface area contributed by atoms with Gasteiger partial charge in [-0.2, -0.15) is 15.0 Å². The van der Waals surface area contributed by atoms with Gasteiger partial charge in [-0.15, -0.1) is 0 Å². The molecule has 1 aliphatic rings. The van der Waals surface area contributed by atoms with E-state index in [9.17, 15) is 0 Å². The van der Waals surface area contributed by atoms with Crippen LogP contribution in [0.25, 0.3) is 11.2 Å². The van der Waals surface area contributed by atoms with Crippen LogP contribution < -0.4 is 15.2 Å². The van der Waals surface area contributed by atoms with Crippen LogP contribution >= 0.6 is 0 Å². The molecule has 0 aliphatic carbocycles. The van der Waals surface area contributed by atoms with E-state index in [-0.39, 0.29) is 11.8 Å². The number of aromatic nitrogens is 4. The van der Waals surface area contributed by atoms with E-state index in [2.05, 4.69) is 70.6 Å². The monoisotopic (exact) mass is 573 g/mol. The highest BCUT2D eigenvalue weighted by molar-refractivity contribution is 5.83. The SMILES string of the molecule is C=C(/C=C\C(=C/C)CN1CCC(CCn2c(OC)nc3c(N)nc(OCCOC)nc32)CC1)CN(C)C.CC.CC. The largest absolute Gasteiger partial charge is 0.468 e. The number of piperidine rings is 1. The van der Waals surface area contributed by atoms with Crippen LogP contribution in [0.5, 0.6) is 12.0 Å². The van der Waals surface area contributed by atoms with Gasteiger partial charge in [0.2, 0.25) is 0 Å². The van der Waals surface area contributed by atoms with E-state index in [0.29, 0.717) is 36.3 Å². The highest BCUT2D eigenvalue weighted by atomic mass is 16.5. The molecule has 1 saturated heterocycles. The fraction of sp³-hybridized carbons (Fsp3) is 0.645. The quantitative estimate of drug-likeness (QED) is 0.241. The summed E-state index contributed by atoms with van der Waals surface area (Å²) in [6, 6.07) is 0.709. The van der Waals surface area contributed by atoms with Crippen LogP contribution in [0, 0.1) is 5.92 Å². The van der Waals surface area contributed by atoms with Crippen molar-refractivity contribution in [2.75, 3.05) is 73.4 Å². The molecular weight excluding hydrogens is 518 g/mol. The molecule has 0 spiro atoms. The zero-order chi connectivity index (χ0) is 30.8. The number of anilines is 1. The molecule has 232 valence electrons. The summed E-state index contributed by atoms with van der Waals surface area (Å²) in [5.74, 6) is 0.904. The molecule has 1 fully saturated rings. The second-order valence-corrected chi connectivity index (χ2v) is 9.76. The number of hydrogen-bond acceptors (Lipinski definition) is 9. The number of fused-ring (bicyclic) bond motifs is 1. The van der Waals surface area contributed by atoms with Gasteiger partial charge in [-0.1, -0.05) is 52.5 Å². The molecule has 0 aromatic carbocycles. The Kier molecular flexibility index (Phi) is 17.6. The Morgan fingerprint density at radius 1 is 1.05 bits per heavy atom. The van der Waals surface area contributed by atoms with Crippen molar-refractivity contribution < 1.29 is 14.2 Å². The minimum Gasteiger partial charge on any atom is -0.468 e. The molecular formula is C31H55N7O3. The Hall–Kier alpha value is -2.95. The minimum absolute atomic E-state index is 0.221. The lowest BCUT2D eigenvalue weighted by Gasteiger charge is -2.32. The molecule has 3 rings (SSSR count). The zero-order valence-electron chi connectivity index (χ0n) is 27.1. The summed E-state index contributed by atoms with van der Waals surface area (Å²) in [6.07, 6.45) is 9.87. The van der Waals surface area contributed by atoms with Crippen molar-refractivity contribution in [3.63, 3.8) is 0 Å². The first-order chi connectivity index (χ1) is 19.8. The molecule has 0 saturated carbocycles. The highest BCUT2D eigenvalue weighted by Gasteiger charge is 2.22. The molecule has 0 radical (unpaired) electrons. The lowest BCUT2D eigenvalue weighted by molar-refractivity contribution is 0.141. The molecule has 10 heteroatoms. The maximum atomic E-state index is 6.15. The third-order valence-corrected chi connectivity index (χ3v) is 6.56. The van der Waals surface area contributed by atoms with E-state index in [0.717, 1.165) is 57.6 Å². The number of ether oxygens (including phenoxy) is 3. The minimum atomic E-state index is 0.221. The van der Waals surface area contributed by atoms with Crippen LogP contribution in [0.3, 0.4) is 0 Å². The molecule has 3 heterocycles. The summed E-state index contributed by atoms with van der Waals surface area (Å²) in [6.45, 7) is 19.8. The van der Waals surface area contributed by atoms with Gasteiger partial charge in [0, 0.05) is 26.7 Å². The molecule has 0 bridgehead atoms. The van der Waals surface area contributed by atoms with E-state index in [1.54, 1.807) is 14.2 Å². The van der Waals surface area contributed by atoms with E-state index in [4.69, 9.17) is 19.9 Å². The van der Waals surface area contributed by atoms with Crippen LogP contribution in [0.2, 0.25) is 0 Å². The molecule has 2 N–H and O–H groups in total. The first kappa shape index (κ1) is 36.1. The average molecular weight is 574 g/mol. The Labute approximate surface area is 248 Å². The van der Waals surface area contributed by atoms with Crippen molar-refractivity contribution in [3.8, 4) is 12.0 Å². The maximum Gasteiger partial charge on any atom is 0.320 e. The number of imidazole rings is 1. The van der Waals surface area contributed by atoms with E-state index < -0.39 is 0 Å². The molecule has 2 aromatic heterocycles. The molecule has 0 unspecified atom stereocenters. The smallest absolute Gasteiger partial charge is 0.320 e. The number of nitrogens with zero attached hydrogens (tertiary/aromatic N) is 6. The Balaban J connectivity index is 0.00000201. The van der Waals surface area contributed by atoms with Crippen LogP contribution in [0.4, 0.5) is 5.82 Å². The van der Waals surface area contributed by atoms with Gasteiger partial charge in [-0.05, 0) is 70.4 Å².